The van der Waals surface area contributed by atoms with Crippen LogP contribution in [0.2, 0.25) is 0 Å². The van der Waals surface area contributed by atoms with Gasteiger partial charge in [0, 0.05) is 31.6 Å². The highest BCUT2D eigenvalue weighted by Gasteiger charge is 2.36. The Kier molecular flexibility index (Phi) is 7.47. The van der Waals surface area contributed by atoms with Crippen LogP contribution in [-0.2, 0) is 13.0 Å². The fourth-order valence-electron chi connectivity index (χ4n) is 5.90. The molecule has 37 heavy (non-hydrogen) atoms. The van der Waals surface area contributed by atoms with Crippen LogP contribution in [0.1, 0.15) is 68.1 Å². The van der Waals surface area contributed by atoms with Crippen LogP contribution >= 0.6 is 11.5 Å². The van der Waals surface area contributed by atoms with Crippen LogP contribution in [0, 0.1) is 18.8 Å². The van der Waals surface area contributed by atoms with Crippen molar-refractivity contribution in [2.75, 3.05) is 23.3 Å². The molecule has 4 atom stereocenters. The summed E-state index contributed by atoms with van der Waals surface area (Å²) in [6.07, 6.45) is -0.890. The van der Waals surface area contributed by atoms with Crippen LogP contribution in [0.15, 0.2) is 30.3 Å². The molecule has 1 N–H and O–H groups in total. The zero-order valence-corrected chi connectivity index (χ0v) is 22.4. The molecule has 0 amide bonds. The number of hydrogen-bond acceptors (Lipinski definition) is 6. The van der Waals surface area contributed by atoms with E-state index in [-0.39, 0.29) is 17.5 Å². The number of benzene rings is 1. The van der Waals surface area contributed by atoms with Gasteiger partial charge in [-0.05, 0) is 80.1 Å². The van der Waals surface area contributed by atoms with Gasteiger partial charge in [0.25, 0.3) is 0 Å². The van der Waals surface area contributed by atoms with E-state index < -0.39 is 12.6 Å². The number of hydrogen-bond donors (Lipinski definition) is 1. The quantitative estimate of drug-likeness (QED) is 0.363. The Morgan fingerprint density at radius 2 is 1.95 bits per heavy atom. The molecule has 1 unspecified atom stereocenters. The molecule has 0 bridgehead atoms. The molecule has 2 aromatic heterocycles. The second-order valence-corrected chi connectivity index (χ2v) is 11.4. The molecular weight excluding hydrogens is 497 g/mol. The van der Waals surface area contributed by atoms with E-state index in [0.29, 0.717) is 17.8 Å². The van der Waals surface area contributed by atoms with Gasteiger partial charge in [0.1, 0.15) is 10.8 Å². The van der Waals surface area contributed by atoms with E-state index in [4.69, 9.17) is 10.1 Å². The van der Waals surface area contributed by atoms with Crippen molar-refractivity contribution in [3.63, 3.8) is 0 Å². The molecule has 2 aliphatic rings. The van der Waals surface area contributed by atoms with E-state index in [1.165, 1.54) is 11.4 Å². The number of nitrogens with one attached hydrogen (secondary N) is 1. The molecule has 6 nitrogen and oxygen atoms in total. The molecule has 3 aromatic rings. The Balaban J connectivity index is 1.30. The molecule has 5 rings (SSSR count). The first kappa shape index (κ1) is 26.0. The largest absolute Gasteiger partial charge is 0.393 e. The highest BCUT2D eigenvalue weighted by atomic mass is 32.1. The minimum absolute atomic E-state index is 0.0405. The Bertz CT molecular complexity index is 1190. The first-order valence-corrected chi connectivity index (χ1v) is 14.0. The molecule has 0 saturated heterocycles. The molecule has 0 radical (unpaired) electrons. The van der Waals surface area contributed by atoms with Crippen LogP contribution in [0.4, 0.5) is 24.1 Å². The number of aryl methyl sites for hydroxylation is 2. The fourth-order valence-corrected chi connectivity index (χ4v) is 6.73. The lowest BCUT2D eigenvalue weighted by Gasteiger charge is -2.29. The maximum Gasteiger partial charge on any atom is 0.393 e. The van der Waals surface area contributed by atoms with Crippen LogP contribution in [0.5, 0.6) is 0 Å². The smallest absolute Gasteiger partial charge is 0.362 e. The van der Waals surface area contributed by atoms with Crippen molar-refractivity contribution in [2.45, 2.75) is 77.6 Å². The lowest BCUT2D eigenvalue weighted by molar-refractivity contribution is -0.127. The average molecular weight is 533 g/mol. The van der Waals surface area contributed by atoms with E-state index in [1.807, 2.05) is 23.7 Å². The number of alkyl halides is 3. The van der Waals surface area contributed by atoms with Gasteiger partial charge >= 0.3 is 6.18 Å². The second kappa shape index (κ2) is 10.6. The van der Waals surface area contributed by atoms with Gasteiger partial charge in [0.05, 0.1) is 12.1 Å². The SMILES string of the molecule is CCN(C[C@@H]1CC[C@H](C)[C@H]1Nc1nc2n(n1)CCCC2c1ccc(CC(F)(F)F)cc1)c1cc(C)ns1. The van der Waals surface area contributed by atoms with Crippen molar-refractivity contribution in [2.24, 2.45) is 11.8 Å². The van der Waals surface area contributed by atoms with E-state index in [9.17, 15) is 13.2 Å². The monoisotopic (exact) mass is 532 g/mol. The molecule has 1 saturated carbocycles. The van der Waals surface area contributed by atoms with E-state index in [0.717, 1.165) is 56.0 Å². The average Bonchev–Trinajstić information content (AvgIpc) is 3.56. The third-order valence-electron chi connectivity index (χ3n) is 7.83. The Morgan fingerprint density at radius 3 is 2.62 bits per heavy atom. The van der Waals surface area contributed by atoms with Crippen molar-refractivity contribution in [1.82, 2.24) is 19.1 Å². The van der Waals surface area contributed by atoms with Crippen molar-refractivity contribution >= 4 is 22.5 Å². The summed E-state index contributed by atoms with van der Waals surface area (Å²) in [4.78, 5) is 7.35. The molecule has 3 heterocycles. The van der Waals surface area contributed by atoms with Crippen LogP contribution in [0.25, 0.3) is 0 Å². The Labute approximate surface area is 220 Å². The van der Waals surface area contributed by atoms with Gasteiger partial charge in [-0.3, -0.25) is 0 Å². The zero-order valence-electron chi connectivity index (χ0n) is 21.6. The third kappa shape index (κ3) is 5.94. The maximum atomic E-state index is 12.8. The van der Waals surface area contributed by atoms with E-state index >= 15 is 0 Å². The second-order valence-electron chi connectivity index (χ2n) is 10.6. The van der Waals surface area contributed by atoms with Gasteiger partial charge in [-0.15, -0.1) is 5.10 Å². The standard InChI is InChI=1S/C27H35F3N6S/c1-4-35(23-14-18(3)34-37-23)16-21-10-7-17(2)24(21)31-26-32-25-22(6-5-13-36(25)33-26)20-11-8-19(9-12-20)15-27(28,29)30/h8-9,11-12,14,17,21-22,24H,4-7,10,13,15-16H2,1-3H3,(H,31,33)/t17-,21-,22?,24+/m0/s1. The fraction of sp³-hybridized carbons (Fsp3) is 0.593. The lowest BCUT2D eigenvalue weighted by atomic mass is 9.90. The zero-order chi connectivity index (χ0) is 26.2. The van der Waals surface area contributed by atoms with Crippen molar-refractivity contribution in [1.29, 1.82) is 0 Å². The highest BCUT2D eigenvalue weighted by Crippen LogP contribution is 2.37. The molecule has 1 aliphatic heterocycles. The molecule has 1 fully saturated rings. The summed E-state index contributed by atoms with van der Waals surface area (Å²) >= 11 is 1.56. The lowest BCUT2D eigenvalue weighted by Crippen LogP contribution is -2.38. The van der Waals surface area contributed by atoms with Crippen molar-refractivity contribution < 1.29 is 13.2 Å². The van der Waals surface area contributed by atoms with Crippen LogP contribution in [0.3, 0.4) is 0 Å². The normalized spacial score (nSPS) is 23.7. The number of halogens is 3. The van der Waals surface area contributed by atoms with Gasteiger partial charge in [0.15, 0.2) is 0 Å². The van der Waals surface area contributed by atoms with Gasteiger partial charge in [-0.1, -0.05) is 31.2 Å². The molecule has 1 aliphatic carbocycles. The molecule has 200 valence electrons. The summed E-state index contributed by atoms with van der Waals surface area (Å²) in [7, 11) is 0. The summed E-state index contributed by atoms with van der Waals surface area (Å²) < 4.78 is 44.7. The minimum atomic E-state index is -4.20. The molecule has 10 heteroatoms. The number of aromatic nitrogens is 4. The van der Waals surface area contributed by atoms with Gasteiger partial charge in [-0.25, -0.2) is 4.68 Å². The number of rotatable bonds is 8. The minimum Gasteiger partial charge on any atom is -0.362 e. The Hall–Kier alpha value is -2.62. The first-order chi connectivity index (χ1) is 17.7. The topological polar surface area (TPSA) is 58.9 Å². The summed E-state index contributed by atoms with van der Waals surface area (Å²) in [5.41, 5.74) is 2.34. The van der Waals surface area contributed by atoms with Crippen LogP contribution < -0.4 is 10.2 Å². The van der Waals surface area contributed by atoms with E-state index in [1.54, 1.807) is 23.7 Å². The predicted molar refractivity (Wildman–Crippen MR) is 141 cm³/mol. The summed E-state index contributed by atoms with van der Waals surface area (Å²) in [6, 6.07) is 9.26. The van der Waals surface area contributed by atoms with Crippen molar-refractivity contribution in [3.8, 4) is 0 Å². The number of fused-ring (bicyclic) bond motifs is 1. The van der Waals surface area contributed by atoms with Crippen LogP contribution in [-0.4, -0.2) is 44.4 Å². The third-order valence-corrected chi connectivity index (χ3v) is 8.78. The molecular formula is C27H35F3N6S. The van der Waals surface area contributed by atoms with Gasteiger partial charge < -0.3 is 10.2 Å². The maximum absolute atomic E-state index is 12.8. The Morgan fingerprint density at radius 1 is 1.16 bits per heavy atom. The number of anilines is 2. The van der Waals surface area contributed by atoms with Crippen molar-refractivity contribution in [3.05, 3.63) is 53.0 Å². The van der Waals surface area contributed by atoms with Gasteiger partial charge in [-0.2, -0.15) is 22.5 Å². The summed E-state index contributed by atoms with van der Waals surface area (Å²) in [5.74, 6) is 2.60. The molecule has 0 spiro atoms. The summed E-state index contributed by atoms with van der Waals surface area (Å²) in [6.45, 7) is 9.25. The van der Waals surface area contributed by atoms with E-state index in [2.05, 4.69) is 34.5 Å². The van der Waals surface area contributed by atoms with Gasteiger partial charge in [0.2, 0.25) is 5.95 Å². The predicted octanol–water partition coefficient (Wildman–Crippen LogP) is 6.43. The molecule has 1 aromatic carbocycles. The number of nitrogens with zero attached hydrogens (tertiary/aromatic N) is 5. The summed E-state index contributed by atoms with van der Waals surface area (Å²) in [5, 5.41) is 9.71. The highest BCUT2D eigenvalue weighted by molar-refractivity contribution is 7.10. The first-order valence-electron chi connectivity index (χ1n) is 13.2.